The Hall–Kier alpha value is -5.23. The van der Waals surface area contributed by atoms with Gasteiger partial charge >= 0.3 is 0 Å². The molecular formula is C43H40N4S+2. The Balaban J connectivity index is 1.25. The fourth-order valence-corrected chi connectivity index (χ4v) is 6.96. The lowest BCUT2D eigenvalue weighted by atomic mass is 9.85. The summed E-state index contributed by atoms with van der Waals surface area (Å²) in [4.78, 5) is 0. The number of nitrogens with zero attached hydrogens (tertiary/aromatic N) is 4. The van der Waals surface area contributed by atoms with Crippen LogP contribution in [0.5, 0.6) is 0 Å². The highest BCUT2D eigenvalue weighted by molar-refractivity contribution is 7.00. The van der Waals surface area contributed by atoms with Crippen LogP contribution in [0.15, 0.2) is 152 Å². The molecule has 0 saturated heterocycles. The molecule has 7 rings (SSSR count). The van der Waals surface area contributed by atoms with Gasteiger partial charge in [0.05, 0.1) is 45.8 Å². The summed E-state index contributed by atoms with van der Waals surface area (Å²) in [5, 5.41) is 0. The Kier molecular flexibility index (Phi) is 9.06. The summed E-state index contributed by atoms with van der Waals surface area (Å²) in [6, 6.07) is 49.8. The monoisotopic (exact) mass is 644 g/mol. The van der Waals surface area contributed by atoms with E-state index in [1.54, 1.807) is 0 Å². The van der Waals surface area contributed by atoms with Crippen molar-refractivity contribution in [2.75, 3.05) is 27.7 Å². The first-order valence-corrected chi connectivity index (χ1v) is 17.2. The minimum Gasteiger partial charge on any atom is -0.331 e. The molecule has 4 nitrogen and oxygen atoms in total. The molecule has 5 heteroatoms. The van der Waals surface area contributed by atoms with Crippen LogP contribution < -0.4 is 4.57 Å². The molecule has 0 bridgehead atoms. The van der Waals surface area contributed by atoms with Crippen LogP contribution in [0.2, 0.25) is 0 Å². The van der Waals surface area contributed by atoms with E-state index in [0.717, 1.165) is 62.8 Å². The SMILES string of the molecule is C[N+](C)(C)CCC[n+]1ccc(-c2ccc(-c3ccc(C(=C(c4ccccc4)c4ccccc4)c4ccccc4)cc3)c3nsnc23)cc1. The van der Waals surface area contributed by atoms with Crippen molar-refractivity contribution < 1.29 is 9.05 Å². The van der Waals surface area contributed by atoms with Crippen molar-refractivity contribution in [3.63, 3.8) is 0 Å². The third-order valence-electron chi connectivity index (χ3n) is 8.78. The van der Waals surface area contributed by atoms with Crippen molar-refractivity contribution in [2.45, 2.75) is 13.0 Å². The van der Waals surface area contributed by atoms with E-state index >= 15 is 0 Å². The quantitative estimate of drug-likeness (QED) is 0.0844. The van der Waals surface area contributed by atoms with Gasteiger partial charge in [-0.2, -0.15) is 8.75 Å². The molecule has 7 aromatic rings. The van der Waals surface area contributed by atoms with E-state index in [9.17, 15) is 0 Å². The predicted molar refractivity (Wildman–Crippen MR) is 200 cm³/mol. The average molecular weight is 645 g/mol. The number of benzene rings is 5. The number of quaternary nitrogens is 1. The van der Waals surface area contributed by atoms with Gasteiger partial charge in [0.2, 0.25) is 0 Å². The Labute approximate surface area is 287 Å². The van der Waals surface area contributed by atoms with E-state index < -0.39 is 0 Å². The molecule has 0 N–H and O–H groups in total. The molecule has 0 spiro atoms. The first-order valence-electron chi connectivity index (χ1n) is 16.5. The molecule has 48 heavy (non-hydrogen) atoms. The van der Waals surface area contributed by atoms with Crippen LogP contribution >= 0.6 is 11.7 Å². The molecule has 0 radical (unpaired) electrons. The zero-order chi connectivity index (χ0) is 32.9. The van der Waals surface area contributed by atoms with E-state index in [0.29, 0.717) is 0 Å². The third kappa shape index (κ3) is 6.89. The van der Waals surface area contributed by atoms with E-state index in [4.69, 9.17) is 8.75 Å². The molecular weight excluding hydrogens is 605 g/mol. The van der Waals surface area contributed by atoms with Gasteiger partial charge in [-0.25, -0.2) is 4.57 Å². The number of aryl methyl sites for hydroxylation is 1. The summed E-state index contributed by atoms with van der Waals surface area (Å²) in [6.07, 6.45) is 5.50. The first kappa shape index (κ1) is 31.4. The maximum atomic E-state index is 4.79. The lowest BCUT2D eigenvalue weighted by Gasteiger charge is -2.22. The smallest absolute Gasteiger partial charge is 0.169 e. The highest BCUT2D eigenvalue weighted by Gasteiger charge is 2.18. The van der Waals surface area contributed by atoms with Crippen molar-refractivity contribution >= 4 is 33.9 Å². The highest BCUT2D eigenvalue weighted by Crippen LogP contribution is 2.39. The lowest BCUT2D eigenvalue weighted by molar-refractivity contribution is -0.873. The molecule has 0 aliphatic rings. The summed E-state index contributed by atoms with van der Waals surface area (Å²) in [5.41, 5.74) is 13.5. The van der Waals surface area contributed by atoms with Crippen LogP contribution in [0.4, 0.5) is 0 Å². The standard InChI is InChI=1S/C43H40N4S/c1-47(2,3)31-13-28-46-29-26-33(27-30-46)39-25-24-38(42-43(39)45-48-44-42)32-20-22-37(23-21-32)41(36-18-11-6-12-19-36)40(34-14-7-4-8-15-34)35-16-9-5-10-17-35/h4-12,14-27,29-30H,13,28,31H2,1-3H3/q+2. The van der Waals surface area contributed by atoms with Crippen molar-refractivity contribution in [3.05, 3.63) is 174 Å². The zero-order valence-electron chi connectivity index (χ0n) is 27.8. The average Bonchev–Trinajstić information content (AvgIpc) is 3.62. The number of hydrogen-bond donors (Lipinski definition) is 0. The molecule has 2 aromatic heterocycles. The van der Waals surface area contributed by atoms with Gasteiger partial charge in [-0.3, -0.25) is 0 Å². The van der Waals surface area contributed by atoms with E-state index in [-0.39, 0.29) is 0 Å². The summed E-state index contributed by atoms with van der Waals surface area (Å²) in [7, 11) is 6.73. The number of fused-ring (bicyclic) bond motifs is 1. The van der Waals surface area contributed by atoms with Crippen molar-refractivity contribution in [3.8, 4) is 22.3 Å². The minimum absolute atomic E-state index is 0.943. The second kappa shape index (κ2) is 13.9. The van der Waals surface area contributed by atoms with Gasteiger partial charge in [0.15, 0.2) is 18.9 Å². The summed E-state index contributed by atoms with van der Waals surface area (Å²) >= 11 is 1.28. The second-order valence-corrected chi connectivity index (χ2v) is 13.8. The molecule has 0 amide bonds. The molecule has 0 aliphatic heterocycles. The molecule has 5 aromatic carbocycles. The summed E-state index contributed by atoms with van der Waals surface area (Å²) in [5.74, 6) is 0. The van der Waals surface area contributed by atoms with Gasteiger partial charge in [0.25, 0.3) is 0 Å². The van der Waals surface area contributed by atoms with Crippen LogP contribution in [-0.4, -0.2) is 40.9 Å². The number of pyridine rings is 1. The lowest BCUT2D eigenvalue weighted by Crippen LogP contribution is -2.39. The molecule has 0 unspecified atom stereocenters. The molecule has 0 fully saturated rings. The van der Waals surface area contributed by atoms with Gasteiger partial charge < -0.3 is 4.48 Å². The first-order chi connectivity index (χ1) is 23.4. The fraction of sp³-hybridized carbons (Fsp3) is 0.140. The van der Waals surface area contributed by atoms with Crippen LogP contribution in [0.3, 0.4) is 0 Å². The fourth-order valence-electron chi connectivity index (χ4n) is 6.39. The van der Waals surface area contributed by atoms with E-state index in [2.05, 4.69) is 178 Å². The number of rotatable bonds is 10. The Bertz CT molecular complexity index is 2100. The maximum absolute atomic E-state index is 4.79. The van der Waals surface area contributed by atoms with Gasteiger partial charge in [-0.15, -0.1) is 0 Å². The molecule has 236 valence electrons. The topological polar surface area (TPSA) is 29.7 Å². The van der Waals surface area contributed by atoms with Crippen LogP contribution in [0.1, 0.15) is 28.7 Å². The van der Waals surface area contributed by atoms with Gasteiger partial charge in [-0.1, -0.05) is 127 Å². The summed E-state index contributed by atoms with van der Waals surface area (Å²) in [6.45, 7) is 2.16. The largest absolute Gasteiger partial charge is 0.331 e. The van der Waals surface area contributed by atoms with Crippen molar-refractivity contribution in [1.29, 1.82) is 0 Å². The molecule has 0 aliphatic carbocycles. The van der Waals surface area contributed by atoms with Crippen molar-refractivity contribution in [2.24, 2.45) is 0 Å². The number of hydrogen-bond acceptors (Lipinski definition) is 3. The Morgan fingerprint density at radius 3 is 1.38 bits per heavy atom. The van der Waals surface area contributed by atoms with Gasteiger partial charge in [-0.05, 0) is 44.5 Å². The van der Waals surface area contributed by atoms with Gasteiger partial charge in [0, 0.05) is 23.3 Å². The molecule has 0 saturated carbocycles. The Morgan fingerprint density at radius 2 is 0.938 bits per heavy atom. The molecule has 2 heterocycles. The van der Waals surface area contributed by atoms with Crippen molar-refractivity contribution in [1.82, 2.24) is 8.75 Å². The van der Waals surface area contributed by atoms with E-state index in [1.165, 1.54) is 39.6 Å². The zero-order valence-corrected chi connectivity index (χ0v) is 28.6. The highest BCUT2D eigenvalue weighted by atomic mass is 32.1. The van der Waals surface area contributed by atoms with Crippen LogP contribution in [0, 0.1) is 0 Å². The predicted octanol–water partition coefficient (Wildman–Crippen LogP) is 9.42. The molecule has 0 atom stereocenters. The Morgan fingerprint density at radius 1 is 0.521 bits per heavy atom. The van der Waals surface area contributed by atoms with Crippen LogP contribution in [0.25, 0.3) is 44.4 Å². The normalized spacial score (nSPS) is 11.5. The van der Waals surface area contributed by atoms with Crippen LogP contribution in [-0.2, 0) is 6.54 Å². The van der Waals surface area contributed by atoms with E-state index in [1.807, 2.05) is 0 Å². The number of aromatic nitrogens is 3. The third-order valence-corrected chi connectivity index (χ3v) is 9.31. The summed E-state index contributed by atoms with van der Waals surface area (Å²) < 4.78 is 12.8. The minimum atomic E-state index is 0.943. The maximum Gasteiger partial charge on any atom is 0.169 e. The second-order valence-electron chi connectivity index (χ2n) is 13.2. The van der Waals surface area contributed by atoms with Gasteiger partial charge in [0.1, 0.15) is 11.0 Å².